The van der Waals surface area contributed by atoms with Crippen LogP contribution in [0.1, 0.15) is 6.92 Å². The summed E-state index contributed by atoms with van der Waals surface area (Å²) in [5.41, 5.74) is 2.98. The fourth-order valence-corrected chi connectivity index (χ4v) is 2.39. The van der Waals surface area contributed by atoms with Crippen LogP contribution >= 0.6 is 0 Å². The van der Waals surface area contributed by atoms with Crippen molar-refractivity contribution in [2.45, 2.75) is 13.5 Å². The van der Waals surface area contributed by atoms with Gasteiger partial charge in [-0.05, 0) is 43.3 Å². The van der Waals surface area contributed by atoms with Crippen molar-refractivity contribution < 1.29 is 9.84 Å². The van der Waals surface area contributed by atoms with Gasteiger partial charge in [-0.1, -0.05) is 0 Å². The molecule has 0 atom stereocenters. The van der Waals surface area contributed by atoms with Crippen molar-refractivity contribution >= 4 is 11.0 Å². The van der Waals surface area contributed by atoms with Gasteiger partial charge < -0.3 is 14.4 Å². The number of aromatic hydroxyl groups is 1. The second-order valence-electron chi connectivity index (χ2n) is 4.58. The molecule has 0 unspecified atom stereocenters. The largest absolute Gasteiger partial charge is 0.508 e. The van der Waals surface area contributed by atoms with Gasteiger partial charge in [0.15, 0.2) is 0 Å². The molecule has 1 N–H and O–H groups in total. The molecule has 0 radical (unpaired) electrons. The van der Waals surface area contributed by atoms with Gasteiger partial charge in [0.25, 0.3) is 0 Å². The number of hydrogen-bond acceptors (Lipinski definition) is 3. The van der Waals surface area contributed by atoms with Crippen LogP contribution in [-0.2, 0) is 6.54 Å². The number of fused-ring (bicyclic) bond motifs is 1. The molecule has 0 saturated carbocycles. The summed E-state index contributed by atoms with van der Waals surface area (Å²) in [7, 11) is 1.65. The lowest BCUT2D eigenvalue weighted by Gasteiger charge is -2.06. The van der Waals surface area contributed by atoms with Gasteiger partial charge in [-0.2, -0.15) is 0 Å². The molecular weight excluding hydrogens is 252 g/mol. The monoisotopic (exact) mass is 268 g/mol. The fraction of sp³-hybridized carbons (Fsp3) is 0.188. The Morgan fingerprint density at radius 1 is 1.15 bits per heavy atom. The number of imidazole rings is 1. The molecule has 3 rings (SSSR count). The second-order valence-corrected chi connectivity index (χ2v) is 4.58. The molecule has 20 heavy (non-hydrogen) atoms. The van der Waals surface area contributed by atoms with E-state index in [0.717, 1.165) is 34.7 Å². The maximum absolute atomic E-state index is 9.39. The number of aromatic nitrogens is 2. The van der Waals surface area contributed by atoms with Crippen LogP contribution in [0, 0.1) is 0 Å². The Kier molecular flexibility index (Phi) is 3.06. The molecular formula is C16H16N2O2. The first kappa shape index (κ1) is 12.5. The Balaban J connectivity index is 2.21. The molecule has 4 heteroatoms. The van der Waals surface area contributed by atoms with Crippen molar-refractivity contribution in [3.8, 4) is 22.9 Å². The number of benzene rings is 2. The zero-order chi connectivity index (χ0) is 14.1. The normalized spacial score (nSPS) is 10.9. The Hall–Kier alpha value is -2.49. The molecule has 102 valence electrons. The summed E-state index contributed by atoms with van der Waals surface area (Å²) in [5.74, 6) is 1.96. The lowest BCUT2D eigenvalue weighted by atomic mass is 10.2. The summed E-state index contributed by atoms with van der Waals surface area (Å²) in [6, 6.07) is 13.0. The highest BCUT2D eigenvalue weighted by molar-refractivity contribution is 5.82. The van der Waals surface area contributed by atoms with Crippen molar-refractivity contribution in [1.29, 1.82) is 0 Å². The highest BCUT2D eigenvalue weighted by Crippen LogP contribution is 2.28. The van der Waals surface area contributed by atoms with E-state index in [1.807, 2.05) is 30.3 Å². The predicted molar refractivity (Wildman–Crippen MR) is 79.1 cm³/mol. The van der Waals surface area contributed by atoms with Gasteiger partial charge >= 0.3 is 0 Å². The maximum atomic E-state index is 9.39. The number of phenolic OH excluding ortho intramolecular Hbond substituents is 1. The van der Waals surface area contributed by atoms with Gasteiger partial charge in [0.05, 0.1) is 18.1 Å². The highest BCUT2D eigenvalue weighted by atomic mass is 16.5. The van der Waals surface area contributed by atoms with E-state index < -0.39 is 0 Å². The number of nitrogens with zero attached hydrogens (tertiary/aromatic N) is 2. The maximum Gasteiger partial charge on any atom is 0.141 e. The number of hydrogen-bond donors (Lipinski definition) is 1. The molecule has 3 aromatic rings. The van der Waals surface area contributed by atoms with E-state index in [9.17, 15) is 5.11 Å². The molecule has 0 amide bonds. The first-order chi connectivity index (χ1) is 9.72. The summed E-state index contributed by atoms with van der Waals surface area (Å²) in [6.07, 6.45) is 0. The van der Waals surface area contributed by atoms with E-state index in [1.165, 1.54) is 0 Å². The van der Waals surface area contributed by atoms with Gasteiger partial charge in [-0.25, -0.2) is 4.98 Å². The molecule has 0 saturated heterocycles. The third kappa shape index (κ3) is 1.99. The van der Waals surface area contributed by atoms with E-state index in [-0.39, 0.29) is 5.75 Å². The first-order valence-corrected chi connectivity index (χ1v) is 6.56. The van der Waals surface area contributed by atoms with Crippen LogP contribution < -0.4 is 4.74 Å². The van der Waals surface area contributed by atoms with E-state index in [2.05, 4.69) is 11.5 Å². The Labute approximate surface area is 117 Å². The molecule has 0 fully saturated rings. The SMILES string of the molecule is CCn1c(-c2ccc(O)cc2)nc2cc(OC)ccc21. The molecule has 1 aromatic heterocycles. The van der Waals surface area contributed by atoms with E-state index in [0.29, 0.717) is 0 Å². The van der Waals surface area contributed by atoms with Gasteiger partial charge in [0.2, 0.25) is 0 Å². The zero-order valence-corrected chi connectivity index (χ0v) is 11.5. The zero-order valence-electron chi connectivity index (χ0n) is 11.5. The van der Waals surface area contributed by atoms with Crippen LogP contribution in [0.15, 0.2) is 42.5 Å². The van der Waals surface area contributed by atoms with Crippen molar-refractivity contribution in [1.82, 2.24) is 9.55 Å². The van der Waals surface area contributed by atoms with E-state index in [1.54, 1.807) is 19.2 Å². The lowest BCUT2D eigenvalue weighted by Crippen LogP contribution is -1.97. The van der Waals surface area contributed by atoms with E-state index >= 15 is 0 Å². The topological polar surface area (TPSA) is 47.3 Å². The minimum absolute atomic E-state index is 0.259. The molecule has 0 aliphatic heterocycles. The predicted octanol–water partition coefficient (Wildman–Crippen LogP) is 3.44. The molecule has 0 aliphatic carbocycles. The highest BCUT2D eigenvalue weighted by Gasteiger charge is 2.12. The Bertz CT molecular complexity index is 745. The first-order valence-electron chi connectivity index (χ1n) is 6.56. The number of ether oxygens (including phenoxy) is 1. The van der Waals surface area contributed by atoms with Crippen molar-refractivity contribution in [2.75, 3.05) is 7.11 Å². The third-order valence-electron chi connectivity index (χ3n) is 3.40. The lowest BCUT2D eigenvalue weighted by molar-refractivity contribution is 0.415. The van der Waals surface area contributed by atoms with Crippen LogP contribution in [-0.4, -0.2) is 21.8 Å². The minimum atomic E-state index is 0.259. The summed E-state index contributed by atoms with van der Waals surface area (Å²) in [6.45, 7) is 2.92. The standard InChI is InChI=1S/C16H16N2O2/c1-3-18-15-9-8-13(20-2)10-14(15)17-16(18)11-4-6-12(19)7-5-11/h4-10,19H,3H2,1-2H3. The number of methoxy groups -OCH3 is 1. The molecule has 0 spiro atoms. The smallest absolute Gasteiger partial charge is 0.141 e. The number of phenols is 1. The van der Waals surface area contributed by atoms with Crippen LogP contribution in [0.25, 0.3) is 22.4 Å². The average molecular weight is 268 g/mol. The van der Waals surface area contributed by atoms with Gasteiger partial charge in [-0.15, -0.1) is 0 Å². The van der Waals surface area contributed by atoms with Crippen LogP contribution in [0.2, 0.25) is 0 Å². The Morgan fingerprint density at radius 3 is 2.55 bits per heavy atom. The molecule has 0 bridgehead atoms. The van der Waals surface area contributed by atoms with Gasteiger partial charge in [-0.3, -0.25) is 0 Å². The van der Waals surface area contributed by atoms with Gasteiger partial charge in [0.1, 0.15) is 17.3 Å². The summed E-state index contributed by atoms with van der Waals surface area (Å²) < 4.78 is 7.40. The number of aryl methyl sites for hydroxylation is 1. The fourth-order valence-electron chi connectivity index (χ4n) is 2.39. The Morgan fingerprint density at radius 2 is 1.90 bits per heavy atom. The molecule has 4 nitrogen and oxygen atoms in total. The number of rotatable bonds is 3. The second kappa shape index (κ2) is 4.89. The van der Waals surface area contributed by atoms with Crippen LogP contribution in [0.4, 0.5) is 0 Å². The van der Waals surface area contributed by atoms with Crippen LogP contribution in [0.3, 0.4) is 0 Å². The third-order valence-corrected chi connectivity index (χ3v) is 3.40. The minimum Gasteiger partial charge on any atom is -0.508 e. The molecule has 0 aliphatic rings. The summed E-state index contributed by atoms with van der Waals surface area (Å²) >= 11 is 0. The van der Waals surface area contributed by atoms with Crippen molar-refractivity contribution in [3.63, 3.8) is 0 Å². The molecule has 2 aromatic carbocycles. The molecule has 1 heterocycles. The average Bonchev–Trinajstić information content (AvgIpc) is 2.85. The van der Waals surface area contributed by atoms with Gasteiger partial charge in [0, 0.05) is 18.2 Å². The van der Waals surface area contributed by atoms with Crippen molar-refractivity contribution in [2.24, 2.45) is 0 Å². The quantitative estimate of drug-likeness (QED) is 0.791. The summed E-state index contributed by atoms with van der Waals surface area (Å²) in [4.78, 5) is 4.69. The van der Waals surface area contributed by atoms with E-state index in [4.69, 9.17) is 9.72 Å². The van der Waals surface area contributed by atoms with Crippen LogP contribution in [0.5, 0.6) is 11.5 Å². The summed E-state index contributed by atoms with van der Waals surface area (Å²) in [5, 5.41) is 9.39. The van der Waals surface area contributed by atoms with Crippen molar-refractivity contribution in [3.05, 3.63) is 42.5 Å².